The minimum absolute atomic E-state index is 0.234. The number of rotatable bonds is 5. The molecule has 1 fully saturated rings. The molecule has 0 amide bonds. The highest BCUT2D eigenvalue weighted by Gasteiger charge is 2.43. The van der Waals surface area contributed by atoms with Gasteiger partial charge in [-0.3, -0.25) is 4.79 Å². The number of hydrogen-bond acceptors (Lipinski definition) is 4. The zero-order valence-electron chi connectivity index (χ0n) is 9.82. The van der Waals surface area contributed by atoms with E-state index in [9.17, 15) is 9.59 Å². The Morgan fingerprint density at radius 1 is 1.19 bits per heavy atom. The maximum absolute atomic E-state index is 11.7. The number of carbonyl (C=O) groups excluding carboxylic acids is 2. The normalized spacial score (nSPS) is 17.9. The Balaban J connectivity index is 2.60. The topological polar surface area (TPSA) is 52.6 Å². The number of ether oxygens (including phenoxy) is 2. The molecule has 0 radical (unpaired) electrons. The zero-order valence-corrected chi connectivity index (χ0v) is 9.82. The van der Waals surface area contributed by atoms with Gasteiger partial charge < -0.3 is 9.47 Å². The van der Waals surface area contributed by atoms with Gasteiger partial charge in [0.05, 0.1) is 18.6 Å². The second kappa shape index (κ2) is 5.68. The predicted octanol–water partition coefficient (Wildman–Crippen LogP) is 1.84. The van der Waals surface area contributed by atoms with Crippen molar-refractivity contribution < 1.29 is 19.1 Å². The summed E-state index contributed by atoms with van der Waals surface area (Å²) in [5.74, 6) is -0.639. The van der Waals surface area contributed by atoms with E-state index in [0.717, 1.165) is 19.3 Å². The van der Waals surface area contributed by atoms with Gasteiger partial charge in [0, 0.05) is 6.08 Å². The fourth-order valence-electron chi connectivity index (χ4n) is 1.69. The van der Waals surface area contributed by atoms with Crippen LogP contribution in [0.5, 0.6) is 0 Å². The number of carbonyl (C=O) groups is 2. The Morgan fingerprint density at radius 3 is 2.25 bits per heavy atom. The molecule has 0 spiro atoms. The standard InChI is InChI=1S/C12H18O4/c1-3-15-10(13)6-9-12(7-5-8-12)11(14)16-4-2/h6,9H,3-5,7-8H2,1-2H3/b9-6+. The minimum atomic E-state index is -0.581. The van der Waals surface area contributed by atoms with Crippen LogP contribution in [-0.4, -0.2) is 25.2 Å². The molecule has 4 heteroatoms. The molecule has 0 saturated heterocycles. The molecule has 1 rings (SSSR count). The molecule has 0 heterocycles. The van der Waals surface area contributed by atoms with E-state index in [0.29, 0.717) is 13.2 Å². The van der Waals surface area contributed by atoms with Gasteiger partial charge in [0.25, 0.3) is 0 Å². The van der Waals surface area contributed by atoms with E-state index >= 15 is 0 Å². The van der Waals surface area contributed by atoms with E-state index < -0.39 is 11.4 Å². The Morgan fingerprint density at radius 2 is 1.81 bits per heavy atom. The molecule has 0 aromatic carbocycles. The predicted molar refractivity (Wildman–Crippen MR) is 58.7 cm³/mol. The highest BCUT2D eigenvalue weighted by molar-refractivity contribution is 5.86. The van der Waals surface area contributed by atoms with Crippen LogP contribution in [0.2, 0.25) is 0 Å². The van der Waals surface area contributed by atoms with Gasteiger partial charge in [-0.2, -0.15) is 0 Å². The van der Waals surface area contributed by atoms with E-state index in [1.54, 1.807) is 19.9 Å². The smallest absolute Gasteiger partial charge is 0.330 e. The third kappa shape index (κ3) is 2.84. The summed E-state index contributed by atoms with van der Waals surface area (Å²) >= 11 is 0. The fourth-order valence-corrected chi connectivity index (χ4v) is 1.69. The molecular weight excluding hydrogens is 208 g/mol. The first-order chi connectivity index (χ1) is 7.64. The summed E-state index contributed by atoms with van der Waals surface area (Å²) in [6.07, 6.45) is 5.46. The van der Waals surface area contributed by atoms with Crippen molar-refractivity contribution in [1.29, 1.82) is 0 Å². The summed E-state index contributed by atoms with van der Waals surface area (Å²) in [4.78, 5) is 22.8. The third-order valence-corrected chi connectivity index (χ3v) is 2.75. The highest BCUT2D eigenvalue weighted by atomic mass is 16.5. The molecule has 0 aliphatic heterocycles. The second-order valence-electron chi connectivity index (χ2n) is 3.82. The molecule has 16 heavy (non-hydrogen) atoms. The van der Waals surface area contributed by atoms with Crippen LogP contribution < -0.4 is 0 Å². The van der Waals surface area contributed by atoms with E-state index in [2.05, 4.69) is 0 Å². The van der Waals surface area contributed by atoms with Crippen molar-refractivity contribution >= 4 is 11.9 Å². The van der Waals surface area contributed by atoms with Crippen LogP contribution in [0, 0.1) is 5.41 Å². The fraction of sp³-hybridized carbons (Fsp3) is 0.667. The second-order valence-corrected chi connectivity index (χ2v) is 3.82. The van der Waals surface area contributed by atoms with Crippen molar-refractivity contribution in [2.75, 3.05) is 13.2 Å². The van der Waals surface area contributed by atoms with Gasteiger partial charge in [-0.1, -0.05) is 12.5 Å². The molecule has 1 aliphatic rings. The summed E-state index contributed by atoms with van der Waals surface area (Å²) in [6.45, 7) is 4.24. The molecule has 1 aliphatic carbocycles. The molecule has 0 aromatic rings. The van der Waals surface area contributed by atoms with E-state index in [1.807, 2.05) is 0 Å². The SMILES string of the molecule is CCOC(=O)/C=C/C1(C(=O)OCC)CCC1. The quantitative estimate of drug-likeness (QED) is 0.530. The lowest BCUT2D eigenvalue weighted by molar-refractivity contribution is -0.156. The molecule has 0 N–H and O–H groups in total. The van der Waals surface area contributed by atoms with Crippen molar-refractivity contribution in [2.45, 2.75) is 33.1 Å². The van der Waals surface area contributed by atoms with Crippen LogP contribution in [0.1, 0.15) is 33.1 Å². The number of esters is 2. The molecule has 4 nitrogen and oxygen atoms in total. The first-order valence-electron chi connectivity index (χ1n) is 5.68. The monoisotopic (exact) mass is 226 g/mol. The van der Waals surface area contributed by atoms with Gasteiger partial charge in [-0.05, 0) is 26.7 Å². The maximum atomic E-state index is 11.7. The lowest BCUT2D eigenvalue weighted by Gasteiger charge is -2.36. The average Bonchev–Trinajstić information content (AvgIpc) is 2.17. The van der Waals surface area contributed by atoms with Gasteiger partial charge in [0.15, 0.2) is 0 Å². The van der Waals surface area contributed by atoms with Crippen LogP contribution in [0.3, 0.4) is 0 Å². The summed E-state index contributed by atoms with van der Waals surface area (Å²) in [5.41, 5.74) is -0.581. The largest absolute Gasteiger partial charge is 0.465 e. The molecular formula is C12H18O4. The van der Waals surface area contributed by atoms with Gasteiger partial charge in [-0.15, -0.1) is 0 Å². The lowest BCUT2D eigenvalue weighted by atomic mass is 9.68. The number of hydrogen-bond donors (Lipinski definition) is 0. The van der Waals surface area contributed by atoms with Crippen LogP contribution >= 0.6 is 0 Å². The summed E-state index contributed by atoms with van der Waals surface area (Å²) < 4.78 is 9.77. The zero-order chi connectivity index (χ0) is 12.0. The molecule has 0 aromatic heterocycles. The molecule has 90 valence electrons. The average molecular weight is 226 g/mol. The summed E-state index contributed by atoms with van der Waals surface area (Å²) in [5, 5.41) is 0. The summed E-state index contributed by atoms with van der Waals surface area (Å²) in [7, 11) is 0. The molecule has 0 atom stereocenters. The first-order valence-corrected chi connectivity index (χ1v) is 5.68. The van der Waals surface area contributed by atoms with Crippen molar-refractivity contribution in [3.63, 3.8) is 0 Å². The van der Waals surface area contributed by atoms with Crippen LogP contribution in [-0.2, 0) is 19.1 Å². The molecule has 0 bridgehead atoms. The van der Waals surface area contributed by atoms with Crippen LogP contribution in [0.4, 0.5) is 0 Å². The van der Waals surface area contributed by atoms with Crippen molar-refractivity contribution in [2.24, 2.45) is 5.41 Å². The first kappa shape index (κ1) is 12.7. The maximum Gasteiger partial charge on any atom is 0.330 e. The molecule has 1 saturated carbocycles. The van der Waals surface area contributed by atoms with Gasteiger partial charge >= 0.3 is 11.9 Å². The Hall–Kier alpha value is -1.32. The van der Waals surface area contributed by atoms with Crippen molar-refractivity contribution in [1.82, 2.24) is 0 Å². The summed E-state index contributed by atoms with van der Waals surface area (Å²) in [6, 6.07) is 0. The third-order valence-electron chi connectivity index (χ3n) is 2.75. The van der Waals surface area contributed by atoms with E-state index in [1.165, 1.54) is 6.08 Å². The van der Waals surface area contributed by atoms with Crippen LogP contribution in [0.15, 0.2) is 12.2 Å². The Bertz CT molecular complexity index is 289. The highest BCUT2D eigenvalue weighted by Crippen LogP contribution is 2.43. The van der Waals surface area contributed by atoms with E-state index in [4.69, 9.17) is 9.47 Å². The van der Waals surface area contributed by atoms with Crippen molar-refractivity contribution in [3.8, 4) is 0 Å². The minimum Gasteiger partial charge on any atom is -0.465 e. The lowest BCUT2D eigenvalue weighted by Crippen LogP contribution is -2.37. The van der Waals surface area contributed by atoms with Crippen molar-refractivity contribution in [3.05, 3.63) is 12.2 Å². The van der Waals surface area contributed by atoms with Gasteiger partial charge in [0.2, 0.25) is 0 Å². The van der Waals surface area contributed by atoms with Crippen LogP contribution in [0.25, 0.3) is 0 Å². The Labute approximate surface area is 95.6 Å². The Kier molecular flexibility index (Phi) is 4.52. The van der Waals surface area contributed by atoms with E-state index in [-0.39, 0.29) is 5.97 Å². The molecule has 0 unspecified atom stereocenters. The van der Waals surface area contributed by atoms with Gasteiger partial charge in [-0.25, -0.2) is 4.79 Å². The van der Waals surface area contributed by atoms with Gasteiger partial charge in [0.1, 0.15) is 0 Å².